The molecule has 0 amide bonds. The summed E-state index contributed by atoms with van der Waals surface area (Å²) < 4.78 is 18.4. The first kappa shape index (κ1) is 12.9. The summed E-state index contributed by atoms with van der Waals surface area (Å²) in [5.41, 5.74) is 2.55. The van der Waals surface area contributed by atoms with Crippen molar-refractivity contribution < 1.29 is 9.13 Å². The molecule has 0 spiro atoms. The molecule has 104 valence electrons. The molecule has 0 unspecified atom stereocenters. The Hall–Kier alpha value is -2.08. The second-order valence-corrected chi connectivity index (χ2v) is 4.52. The number of fused-ring (bicyclic) bond motifs is 1. The van der Waals surface area contributed by atoms with Crippen molar-refractivity contribution in [3.63, 3.8) is 0 Å². The third-order valence-corrected chi connectivity index (χ3v) is 3.12. The van der Waals surface area contributed by atoms with Crippen LogP contribution in [0.25, 0.3) is 11.5 Å². The highest BCUT2D eigenvalue weighted by Crippen LogP contribution is 2.25. The van der Waals surface area contributed by atoms with E-state index in [2.05, 4.69) is 20.3 Å². The molecule has 5 nitrogen and oxygen atoms in total. The molecule has 0 radical (unpaired) electrons. The molecule has 2 aromatic rings. The molecule has 3 rings (SSSR count). The Balaban J connectivity index is 2.07. The fourth-order valence-corrected chi connectivity index (χ4v) is 2.17. The minimum atomic E-state index is -0.369. The summed E-state index contributed by atoms with van der Waals surface area (Å²) in [4.78, 5) is 13.1. The van der Waals surface area contributed by atoms with Gasteiger partial charge in [-0.15, -0.1) is 0 Å². The summed E-state index contributed by atoms with van der Waals surface area (Å²) in [6, 6.07) is 2.95. The van der Waals surface area contributed by atoms with Crippen molar-refractivity contribution in [2.45, 2.75) is 20.0 Å². The highest BCUT2D eigenvalue weighted by Gasteiger charge is 2.19. The number of nitrogens with zero attached hydrogens (tertiary/aromatic N) is 3. The standard InChI is InChI=1S/C14H15FN4O/c1-2-16-13-10-8-20-6-5-11(10)18-14(19-13)12-4-3-9(15)7-17-12/h3-4,7H,2,5-6,8H2,1H3,(H,16,18,19). The minimum absolute atomic E-state index is 0.369. The summed E-state index contributed by atoms with van der Waals surface area (Å²) in [6.07, 6.45) is 1.93. The van der Waals surface area contributed by atoms with Gasteiger partial charge in [0.05, 0.1) is 25.1 Å². The highest BCUT2D eigenvalue weighted by molar-refractivity contribution is 5.56. The first-order chi connectivity index (χ1) is 9.78. The Labute approximate surface area is 116 Å². The Morgan fingerprint density at radius 3 is 3.00 bits per heavy atom. The molecule has 0 aromatic carbocycles. The summed E-state index contributed by atoms with van der Waals surface area (Å²) in [5.74, 6) is 0.923. The molecule has 0 aliphatic carbocycles. The number of hydrogen-bond acceptors (Lipinski definition) is 5. The predicted octanol–water partition coefficient (Wildman–Crippen LogP) is 2.18. The van der Waals surface area contributed by atoms with Crippen molar-refractivity contribution in [1.82, 2.24) is 15.0 Å². The molecule has 0 saturated carbocycles. The van der Waals surface area contributed by atoms with E-state index in [0.29, 0.717) is 24.7 Å². The zero-order valence-corrected chi connectivity index (χ0v) is 11.2. The summed E-state index contributed by atoms with van der Waals surface area (Å²) in [7, 11) is 0. The first-order valence-electron chi connectivity index (χ1n) is 6.61. The number of nitrogens with one attached hydrogen (secondary N) is 1. The number of pyridine rings is 1. The van der Waals surface area contributed by atoms with Gasteiger partial charge >= 0.3 is 0 Å². The lowest BCUT2D eigenvalue weighted by molar-refractivity contribution is 0.109. The van der Waals surface area contributed by atoms with Crippen LogP contribution in [-0.4, -0.2) is 28.1 Å². The third kappa shape index (κ3) is 2.46. The van der Waals surface area contributed by atoms with Gasteiger partial charge in [0.25, 0.3) is 0 Å². The van der Waals surface area contributed by atoms with Crippen LogP contribution in [0.15, 0.2) is 18.3 Å². The van der Waals surface area contributed by atoms with Gasteiger partial charge in [-0.2, -0.15) is 0 Å². The van der Waals surface area contributed by atoms with E-state index in [4.69, 9.17) is 4.74 Å². The lowest BCUT2D eigenvalue weighted by Crippen LogP contribution is -2.17. The van der Waals surface area contributed by atoms with Gasteiger partial charge in [-0.25, -0.2) is 19.3 Å². The van der Waals surface area contributed by atoms with E-state index >= 15 is 0 Å². The van der Waals surface area contributed by atoms with Crippen LogP contribution in [0.4, 0.5) is 10.2 Å². The second kappa shape index (κ2) is 5.50. The van der Waals surface area contributed by atoms with E-state index in [0.717, 1.165) is 30.0 Å². The largest absolute Gasteiger partial charge is 0.376 e. The summed E-state index contributed by atoms with van der Waals surface area (Å²) in [5, 5.41) is 3.22. The molecular formula is C14H15FN4O. The molecule has 0 atom stereocenters. The van der Waals surface area contributed by atoms with Crippen molar-refractivity contribution >= 4 is 5.82 Å². The smallest absolute Gasteiger partial charge is 0.180 e. The third-order valence-electron chi connectivity index (χ3n) is 3.12. The van der Waals surface area contributed by atoms with E-state index in [1.807, 2.05) is 6.92 Å². The van der Waals surface area contributed by atoms with Gasteiger partial charge in [0.2, 0.25) is 0 Å². The lowest BCUT2D eigenvalue weighted by atomic mass is 10.1. The summed E-state index contributed by atoms with van der Waals surface area (Å²) >= 11 is 0. The SMILES string of the molecule is CCNc1nc(-c2ccc(F)cn2)nc2c1COCC2. The molecule has 1 aliphatic heterocycles. The van der Waals surface area contributed by atoms with Crippen LogP contribution in [0.3, 0.4) is 0 Å². The zero-order chi connectivity index (χ0) is 13.9. The first-order valence-corrected chi connectivity index (χ1v) is 6.61. The van der Waals surface area contributed by atoms with Crippen molar-refractivity contribution in [2.75, 3.05) is 18.5 Å². The maximum Gasteiger partial charge on any atom is 0.180 e. The Kier molecular flexibility index (Phi) is 3.56. The zero-order valence-electron chi connectivity index (χ0n) is 11.2. The number of rotatable bonds is 3. The van der Waals surface area contributed by atoms with Crippen molar-refractivity contribution in [3.05, 3.63) is 35.4 Å². The Morgan fingerprint density at radius 1 is 1.35 bits per heavy atom. The topological polar surface area (TPSA) is 59.9 Å². The monoisotopic (exact) mass is 274 g/mol. The second-order valence-electron chi connectivity index (χ2n) is 4.52. The van der Waals surface area contributed by atoms with Gasteiger partial charge < -0.3 is 10.1 Å². The number of halogens is 1. The Morgan fingerprint density at radius 2 is 2.25 bits per heavy atom. The molecule has 1 aliphatic rings. The molecule has 0 fully saturated rings. The Bertz CT molecular complexity index is 615. The van der Waals surface area contributed by atoms with Gasteiger partial charge in [-0.3, -0.25) is 0 Å². The molecular weight excluding hydrogens is 259 g/mol. The van der Waals surface area contributed by atoms with Crippen molar-refractivity contribution in [1.29, 1.82) is 0 Å². The number of anilines is 1. The van der Waals surface area contributed by atoms with Crippen LogP contribution in [0, 0.1) is 5.82 Å². The van der Waals surface area contributed by atoms with Crippen molar-refractivity contribution in [2.24, 2.45) is 0 Å². The van der Waals surface area contributed by atoms with Crippen LogP contribution in [-0.2, 0) is 17.8 Å². The molecule has 2 aromatic heterocycles. The van der Waals surface area contributed by atoms with Gasteiger partial charge in [-0.1, -0.05) is 0 Å². The van der Waals surface area contributed by atoms with Crippen LogP contribution in [0.5, 0.6) is 0 Å². The summed E-state index contributed by atoms with van der Waals surface area (Å²) in [6.45, 7) is 3.95. The quantitative estimate of drug-likeness (QED) is 0.929. The maximum atomic E-state index is 12.9. The minimum Gasteiger partial charge on any atom is -0.376 e. The molecule has 0 saturated heterocycles. The van der Waals surface area contributed by atoms with E-state index in [-0.39, 0.29) is 5.82 Å². The average Bonchev–Trinajstić information content (AvgIpc) is 2.48. The molecule has 3 heterocycles. The predicted molar refractivity (Wildman–Crippen MR) is 72.7 cm³/mol. The normalized spacial score (nSPS) is 13.9. The van der Waals surface area contributed by atoms with E-state index in [9.17, 15) is 4.39 Å². The average molecular weight is 274 g/mol. The van der Waals surface area contributed by atoms with Crippen molar-refractivity contribution in [3.8, 4) is 11.5 Å². The molecule has 0 bridgehead atoms. The van der Waals surface area contributed by atoms with E-state index in [1.165, 1.54) is 12.3 Å². The number of aromatic nitrogens is 3. The van der Waals surface area contributed by atoms with Crippen LogP contribution in [0.1, 0.15) is 18.2 Å². The van der Waals surface area contributed by atoms with Crippen LogP contribution >= 0.6 is 0 Å². The fraction of sp³-hybridized carbons (Fsp3) is 0.357. The molecule has 6 heteroatoms. The molecule has 1 N–H and O–H groups in total. The van der Waals surface area contributed by atoms with Crippen LogP contribution < -0.4 is 5.32 Å². The van der Waals surface area contributed by atoms with E-state index < -0.39 is 0 Å². The number of ether oxygens (including phenoxy) is 1. The lowest BCUT2D eigenvalue weighted by Gasteiger charge is -2.19. The van der Waals surface area contributed by atoms with Gasteiger partial charge in [0.1, 0.15) is 17.3 Å². The van der Waals surface area contributed by atoms with Crippen LogP contribution in [0.2, 0.25) is 0 Å². The van der Waals surface area contributed by atoms with Gasteiger partial charge in [0, 0.05) is 18.5 Å². The molecule has 20 heavy (non-hydrogen) atoms. The maximum absolute atomic E-state index is 12.9. The van der Waals surface area contributed by atoms with Gasteiger partial charge in [-0.05, 0) is 19.1 Å². The number of hydrogen-bond donors (Lipinski definition) is 1. The highest BCUT2D eigenvalue weighted by atomic mass is 19.1. The van der Waals surface area contributed by atoms with Gasteiger partial charge in [0.15, 0.2) is 5.82 Å². The van der Waals surface area contributed by atoms with E-state index in [1.54, 1.807) is 6.07 Å². The fourth-order valence-electron chi connectivity index (χ4n) is 2.17.